The van der Waals surface area contributed by atoms with Gasteiger partial charge in [-0.15, -0.1) is 0 Å². The van der Waals surface area contributed by atoms with E-state index in [2.05, 4.69) is 32.5 Å². The average molecular weight is 338 g/mol. The first-order chi connectivity index (χ1) is 12.3. The monoisotopic (exact) mass is 338 g/mol. The number of carbonyl (C=O) groups excluding carboxylic acids is 1. The Balaban J connectivity index is 1.78. The van der Waals surface area contributed by atoms with Gasteiger partial charge in [-0.3, -0.25) is 14.7 Å². The Hall–Kier alpha value is -2.57. The lowest BCUT2D eigenvalue weighted by Gasteiger charge is -2.34. The zero-order valence-electron chi connectivity index (χ0n) is 14.3. The van der Waals surface area contributed by atoms with Crippen molar-refractivity contribution in [3.8, 4) is 0 Å². The van der Waals surface area contributed by atoms with Gasteiger partial charge in [-0.2, -0.15) is 5.10 Å². The standard InChI is InChI=1S/C19H22N4O2/c1-15(21-22-19(24)17-9-5-6-10-20-17)18(16-7-3-2-4-8-16)23-11-13-25-14-12-23/h2-10,18H,11-14H2,1H3,(H,22,24)/b21-15-/t18-/m0/s1. The van der Waals surface area contributed by atoms with E-state index in [1.807, 2.05) is 25.1 Å². The van der Waals surface area contributed by atoms with Crippen molar-refractivity contribution < 1.29 is 9.53 Å². The van der Waals surface area contributed by atoms with Crippen LogP contribution in [0.15, 0.2) is 59.8 Å². The fourth-order valence-corrected chi connectivity index (χ4v) is 2.94. The summed E-state index contributed by atoms with van der Waals surface area (Å²) < 4.78 is 5.46. The van der Waals surface area contributed by atoms with Gasteiger partial charge in [-0.05, 0) is 24.6 Å². The molecule has 0 unspecified atom stereocenters. The molecule has 3 rings (SSSR count). The van der Waals surface area contributed by atoms with Crippen molar-refractivity contribution in [3.05, 3.63) is 66.0 Å². The van der Waals surface area contributed by atoms with Gasteiger partial charge < -0.3 is 4.74 Å². The number of ether oxygens (including phenoxy) is 1. The van der Waals surface area contributed by atoms with Gasteiger partial charge in [-0.1, -0.05) is 36.4 Å². The number of hydrogen-bond acceptors (Lipinski definition) is 5. The lowest BCUT2D eigenvalue weighted by atomic mass is 10.0. The summed E-state index contributed by atoms with van der Waals surface area (Å²) >= 11 is 0. The molecule has 0 bridgehead atoms. The van der Waals surface area contributed by atoms with E-state index in [1.165, 1.54) is 0 Å². The van der Waals surface area contributed by atoms with E-state index in [1.54, 1.807) is 24.4 Å². The van der Waals surface area contributed by atoms with Gasteiger partial charge in [0.2, 0.25) is 0 Å². The Bertz CT molecular complexity index is 713. The zero-order valence-corrected chi connectivity index (χ0v) is 14.3. The molecule has 0 saturated carbocycles. The third-order valence-corrected chi connectivity index (χ3v) is 4.15. The molecule has 1 fully saturated rings. The van der Waals surface area contributed by atoms with Gasteiger partial charge in [0.15, 0.2) is 0 Å². The fourth-order valence-electron chi connectivity index (χ4n) is 2.94. The molecule has 0 radical (unpaired) electrons. The van der Waals surface area contributed by atoms with Crippen molar-refractivity contribution in [2.24, 2.45) is 5.10 Å². The van der Waals surface area contributed by atoms with E-state index in [-0.39, 0.29) is 11.9 Å². The van der Waals surface area contributed by atoms with Gasteiger partial charge in [0.25, 0.3) is 5.91 Å². The Morgan fingerprint density at radius 1 is 1.16 bits per heavy atom. The molecule has 1 atom stereocenters. The second kappa shape index (κ2) is 8.50. The molecule has 1 amide bonds. The van der Waals surface area contributed by atoms with E-state index in [9.17, 15) is 4.79 Å². The normalized spacial score (nSPS) is 17.1. The molecule has 2 heterocycles. The van der Waals surface area contributed by atoms with Crippen molar-refractivity contribution >= 4 is 11.6 Å². The summed E-state index contributed by atoms with van der Waals surface area (Å²) in [6.45, 7) is 5.01. The number of carbonyl (C=O) groups is 1. The summed E-state index contributed by atoms with van der Waals surface area (Å²) in [5, 5.41) is 4.35. The molecule has 25 heavy (non-hydrogen) atoms. The molecule has 130 valence electrons. The minimum absolute atomic E-state index is 0.00846. The van der Waals surface area contributed by atoms with Crippen LogP contribution in [-0.4, -0.2) is 47.8 Å². The number of nitrogens with zero attached hydrogens (tertiary/aromatic N) is 3. The quantitative estimate of drug-likeness (QED) is 0.671. The molecule has 1 aromatic heterocycles. The van der Waals surface area contributed by atoms with Gasteiger partial charge in [-0.25, -0.2) is 5.43 Å². The van der Waals surface area contributed by atoms with Crippen LogP contribution in [0.2, 0.25) is 0 Å². The average Bonchev–Trinajstić information content (AvgIpc) is 2.69. The van der Waals surface area contributed by atoms with Gasteiger partial charge in [0.05, 0.1) is 25.0 Å². The maximum atomic E-state index is 12.2. The number of morpholine rings is 1. The molecule has 6 nitrogen and oxygen atoms in total. The fraction of sp³-hybridized carbons (Fsp3) is 0.316. The number of hydrogen-bond donors (Lipinski definition) is 1. The number of rotatable bonds is 5. The van der Waals surface area contributed by atoms with Gasteiger partial charge in [0, 0.05) is 19.3 Å². The number of amides is 1. The van der Waals surface area contributed by atoms with Crippen LogP contribution in [-0.2, 0) is 4.74 Å². The molecular formula is C19H22N4O2. The van der Waals surface area contributed by atoms with Crippen LogP contribution < -0.4 is 5.43 Å². The van der Waals surface area contributed by atoms with Crippen molar-refractivity contribution in [2.45, 2.75) is 13.0 Å². The van der Waals surface area contributed by atoms with Gasteiger partial charge in [0.1, 0.15) is 5.69 Å². The van der Waals surface area contributed by atoms with Crippen LogP contribution >= 0.6 is 0 Å². The second-order valence-corrected chi connectivity index (χ2v) is 5.87. The Labute approximate surface area is 147 Å². The first-order valence-electron chi connectivity index (χ1n) is 8.38. The molecule has 6 heteroatoms. The van der Waals surface area contributed by atoms with Crippen molar-refractivity contribution in [1.29, 1.82) is 0 Å². The lowest BCUT2D eigenvalue weighted by molar-refractivity contribution is 0.0285. The van der Waals surface area contributed by atoms with Crippen LogP contribution in [0.25, 0.3) is 0 Å². The Kier molecular flexibility index (Phi) is 5.87. The Morgan fingerprint density at radius 3 is 2.56 bits per heavy atom. The molecule has 1 saturated heterocycles. The number of hydrazone groups is 1. The van der Waals surface area contributed by atoms with E-state index in [0.29, 0.717) is 18.9 Å². The highest BCUT2D eigenvalue weighted by Gasteiger charge is 2.25. The predicted octanol–water partition coefficient (Wildman–Crippen LogP) is 2.26. The number of aromatic nitrogens is 1. The van der Waals surface area contributed by atoms with E-state index >= 15 is 0 Å². The van der Waals surface area contributed by atoms with Crippen LogP contribution in [0.3, 0.4) is 0 Å². The SMILES string of the molecule is C/C(=N/NC(=O)c1ccccn1)[C@@H](c1ccccc1)N1CCOCC1. The molecule has 1 aliphatic rings. The number of nitrogens with one attached hydrogen (secondary N) is 1. The van der Waals surface area contributed by atoms with E-state index in [4.69, 9.17) is 4.74 Å². The minimum atomic E-state index is -0.311. The highest BCUT2D eigenvalue weighted by molar-refractivity contribution is 5.94. The number of benzene rings is 1. The number of pyridine rings is 1. The molecule has 0 aliphatic carbocycles. The van der Waals surface area contributed by atoms with Crippen LogP contribution in [0, 0.1) is 0 Å². The summed E-state index contributed by atoms with van der Waals surface area (Å²) in [6, 6.07) is 15.4. The summed E-state index contributed by atoms with van der Waals surface area (Å²) in [5.74, 6) is -0.311. The Morgan fingerprint density at radius 2 is 1.88 bits per heavy atom. The summed E-state index contributed by atoms with van der Waals surface area (Å²) in [6.07, 6.45) is 1.59. The second-order valence-electron chi connectivity index (χ2n) is 5.87. The zero-order chi connectivity index (χ0) is 17.5. The van der Waals surface area contributed by atoms with Crippen molar-refractivity contribution in [2.75, 3.05) is 26.3 Å². The summed E-state index contributed by atoms with van der Waals surface area (Å²) in [5.41, 5.74) is 4.95. The first-order valence-corrected chi connectivity index (χ1v) is 8.38. The largest absolute Gasteiger partial charge is 0.379 e. The van der Waals surface area contributed by atoms with Crippen molar-refractivity contribution in [1.82, 2.24) is 15.3 Å². The topological polar surface area (TPSA) is 66.8 Å². The van der Waals surface area contributed by atoms with Crippen LogP contribution in [0.5, 0.6) is 0 Å². The molecular weight excluding hydrogens is 316 g/mol. The molecule has 0 spiro atoms. The van der Waals surface area contributed by atoms with E-state index in [0.717, 1.165) is 24.4 Å². The van der Waals surface area contributed by atoms with Crippen LogP contribution in [0.1, 0.15) is 29.0 Å². The molecule has 2 aromatic rings. The third-order valence-electron chi connectivity index (χ3n) is 4.15. The summed E-state index contributed by atoms with van der Waals surface area (Å²) in [4.78, 5) is 18.5. The minimum Gasteiger partial charge on any atom is -0.379 e. The maximum absolute atomic E-state index is 12.2. The van der Waals surface area contributed by atoms with Crippen LogP contribution in [0.4, 0.5) is 0 Å². The van der Waals surface area contributed by atoms with E-state index < -0.39 is 0 Å². The highest BCUT2D eigenvalue weighted by atomic mass is 16.5. The smallest absolute Gasteiger partial charge is 0.289 e. The predicted molar refractivity (Wildman–Crippen MR) is 96.4 cm³/mol. The third kappa shape index (κ3) is 4.49. The lowest BCUT2D eigenvalue weighted by Crippen LogP contribution is -2.42. The summed E-state index contributed by atoms with van der Waals surface area (Å²) in [7, 11) is 0. The first kappa shape index (κ1) is 17.3. The molecule has 1 aliphatic heterocycles. The molecule has 1 aromatic carbocycles. The van der Waals surface area contributed by atoms with Crippen molar-refractivity contribution in [3.63, 3.8) is 0 Å². The molecule has 1 N–H and O–H groups in total. The highest BCUT2D eigenvalue weighted by Crippen LogP contribution is 2.23. The maximum Gasteiger partial charge on any atom is 0.289 e. The van der Waals surface area contributed by atoms with Gasteiger partial charge >= 0.3 is 0 Å².